The van der Waals surface area contributed by atoms with Crippen molar-refractivity contribution in [3.8, 4) is 0 Å². The lowest BCUT2D eigenvalue weighted by atomic mass is 10.0. The monoisotopic (exact) mass is 291 g/mol. The lowest BCUT2D eigenvalue weighted by molar-refractivity contribution is -0.120. The summed E-state index contributed by atoms with van der Waals surface area (Å²) in [6.45, 7) is 6.68. The number of amides is 1. The third-order valence-electron chi connectivity index (χ3n) is 3.83. The Labute approximate surface area is 128 Å². The zero-order valence-electron chi connectivity index (χ0n) is 13.6. The van der Waals surface area contributed by atoms with E-state index in [1.807, 2.05) is 24.3 Å². The van der Waals surface area contributed by atoms with E-state index in [4.69, 9.17) is 5.73 Å². The van der Waals surface area contributed by atoms with Gasteiger partial charge in [-0.25, -0.2) is 0 Å². The Morgan fingerprint density at radius 2 is 1.90 bits per heavy atom. The summed E-state index contributed by atoms with van der Waals surface area (Å²) in [7, 11) is 2.13. The summed E-state index contributed by atoms with van der Waals surface area (Å²) in [6, 6.07) is 8.43. The van der Waals surface area contributed by atoms with Gasteiger partial charge in [-0.05, 0) is 51.4 Å². The number of hydrogen-bond acceptors (Lipinski definition) is 3. The minimum absolute atomic E-state index is 0.0770. The van der Waals surface area contributed by atoms with Crippen molar-refractivity contribution >= 4 is 5.91 Å². The highest BCUT2D eigenvalue weighted by molar-refractivity contribution is 5.78. The summed E-state index contributed by atoms with van der Waals surface area (Å²) in [4.78, 5) is 14.2. The van der Waals surface area contributed by atoms with E-state index in [0.29, 0.717) is 19.0 Å². The highest BCUT2D eigenvalue weighted by Gasteiger charge is 2.06. The van der Waals surface area contributed by atoms with Crippen molar-refractivity contribution in [2.75, 3.05) is 20.1 Å². The first kappa shape index (κ1) is 17.7. The molecule has 1 aromatic carbocycles. The fourth-order valence-corrected chi connectivity index (χ4v) is 2.14. The Morgan fingerprint density at radius 1 is 1.24 bits per heavy atom. The van der Waals surface area contributed by atoms with E-state index in [2.05, 4.69) is 31.1 Å². The smallest absolute Gasteiger partial charge is 0.224 e. The maximum Gasteiger partial charge on any atom is 0.224 e. The summed E-state index contributed by atoms with van der Waals surface area (Å²) in [5, 5.41) is 2.99. The van der Waals surface area contributed by atoms with Crippen LogP contribution in [-0.2, 0) is 17.8 Å². The molecule has 0 aliphatic carbocycles. The van der Waals surface area contributed by atoms with Crippen LogP contribution in [0.5, 0.6) is 0 Å². The van der Waals surface area contributed by atoms with Gasteiger partial charge in [-0.1, -0.05) is 24.3 Å². The Hall–Kier alpha value is -1.39. The van der Waals surface area contributed by atoms with Crippen molar-refractivity contribution in [3.63, 3.8) is 0 Å². The predicted molar refractivity (Wildman–Crippen MR) is 88.0 cm³/mol. The molecule has 0 aromatic heterocycles. The highest BCUT2D eigenvalue weighted by Crippen LogP contribution is 2.08. The number of carbonyl (C=O) groups excluding carboxylic acids is 1. The normalized spacial score (nSPS) is 11.1. The van der Waals surface area contributed by atoms with Crippen LogP contribution in [0.1, 0.15) is 37.8 Å². The highest BCUT2D eigenvalue weighted by atomic mass is 16.1. The number of nitrogens with zero attached hydrogens (tertiary/aromatic N) is 1. The van der Waals surface area contributed by atoms with Crippen molar-refractivity contribution in [1.82, 2.24) is 10.2 Å². The van der Waals surface area contributed by atoms with Crippen LogP contribution in [0.25, 0.3) is 0 Å². The molecule has 21 heavy (non-hydrogen) atoms. The zero-order chi connectivity index (χ0) is 15.7. The van der Waals surface area contributed by atoms with Crippen LogP contribution in [0.4, 0.5) is 0 Å². The molecule has 0 saturated carbocycles. The SMILES string of the molecule is CC(C)N(C)CCCCNC(=O)Cc1ccccc1CN. The number of unbranched alkanes of at least 4 members (excludes halogenated alkanes) is 1. The van der Waals surface area contributed by atoms with E-state index in [1.165, 1.54) is 0 Å². The quantitative estimate of drug-likeness (QED) is 0.684. The van der Waals surface area contributed by atoms with Crippen LogP contribution in [0, 0.1) is 0 Å². The topological polar surface area (TPSA) is 58.4 Å². The number of hydrogen-bond donors (Lipinski definition) is 2. The van der Waals surface area contributed by atoms with Crippen LogP contribution in [0.3, 0.4) is 0 Å². The molecule has 0 aliphatic heterocycles. The van der Waals surface area contributed by atoms with Crippen molar-refractivity contribution in [2.45, 2.75) is 45.7 Å². The number of rotatable bonds is 9. The van der Waals surface area contributed by atoms with Crippen LogP contribution < -0.4 is 11.1 Å². The molecule has 118 valence electrons. The lowest BCUT2D eigenvalue weighted by Crippen LogP contribution is -2.29. The molecular weight excluding hydrogens is 262 g/mol. The largest absolute Gasteiger partial charge is 0.356 e. The Bertz CT molecular complexity index is 432. The third-order valence-corrected chi connectivity index (χ3v) is 3.83. The van der Waals surface area contributed by atoms with E-state index < -0.39 is 0 Å². The molecule has 0 atom stereocenters. The number of nitrogens with two attached hydrogens (primary N) is 1. The van der Waals surface area contributed by atoms with Gasteiger partial charge in [0.2, 0.25) is 5.91 Å². The Morgan fingerprint density at radius 3 is 2.52 bits per heavy atom. The van der Waals surface area contributed by atoms with Gasteiger partial charge in [-0.2, -0.15) is 0 Å². The summed E-state index contributed by atoms with van der Waals surface area (Å²) in [6.07, 6.45) is 2.54. The van der Waals surface area contributed by atoms with Gasteiger partial charge in [0.25, 0.3) is 0 Å². The molecule has 0 aliphatic rings. The molecule has 1 rings (SSSR count). The van der Waals surface area contributed by atoms with Crippen LogP contribution in [0.2, 0.25) is 0 Å². The van der Waals surface area contributed by atoms with E-state index in [0.717, 1.165) is 37.1 Å². The third kappa shape index (κ3) is 6.74. The minimum atomic E-state index is 0.0770. The molecule has 1 amide bonds. The molecule has 3 N–H and O–H groups in total. The average Bonchev–Trinajstić information content (AvgIpc) is 2.47. The van der Waals surface area contributed by atoms with Gasteiger partial charge < -0.3 is 16.0 Å². The second-order valence-electron chi connectivity index (χ2n) is 5.78. The predicted octanol–water partition coefficient (Wildman–Crippen LogP) is 1.92. The van der Waals surface area contributed by atoms with Gasteiger partial charge in [0, 0.05) is 19.1 Å². The lowest BCUT2D eigenvalue weighted by Gasteiger charge is -2.20. The molecule has 4 heteroatoms. The van der Waals surface area contributed by atoms with Crippen molar-refractivity contribution < 1.29 is 4.79 Å². The molecule has 4 nitrogen and oxygen atoms in total. The van der Waals surface area contributed by atoms with Crippen molar-refractivity contribution in [3.05, 3.63) is 35.4 Å². The average molecular weight is 291 g/mol. The molecule has 0 spiro atoms. The van der Waals surface area contributed by atoms with E-state index in [-0.39, 0.29) is 5.91 Å². The molecule has 0 saturated heterocycles. The van der Waals surface area contributed by atoms with Crippen molar-refractivity contribution in [1.29, 1.82) is 0 Å². The zero-order valence-corrected chi connectivity index (χ0v) is 13.6. The second kappa shape index (κ2) is 9.53. The van der Waals surface area contributed by atoms with Crippen LogP contribution >= 0.6 is 0 Å². The van der Waals surface area contributed by atoms with E-state index >= 15 is 0 Å². The molecule has 0 fully saturated rings. The summed E-state index contributed by atoms with van der Waals surface area (Å²) >= 11 is 0. The van der Waals surface area contributed by atoms with Gasteiger partial charge in [0.15, 0.2) is 0 Å². The van der Waals surface area contributed by atoms with Crippen LogP contribution in [0.15, 0.2) is 24.3 Å². The molecule has 0 unspecified atom stereocenters. The van der Waals surface area contributed by atoms with Crippen LogP contribution in [-0.4, -0.2) is 37.0 Å². The van der Waals surface area contributed by atoms with E-state index in [9.17, 15) is 4.79 Å². The first-order valence-electron chi connectivity index (χ1n) is 7.78. The Balaban J connectivity index is 2.23. The Kier molecular flexibility index (Phi) is 8.01. The minimum Gasteiger partial charge on any atom is -0.356 e. The van der Waals surface area contributed by atoms with Gasteiger partial charge >= 0.3 is 0 Å². The maximum absolute atomic E-state index is 11.9. The fraction of sp³-hybridized carbons (Fsp3) is 0.588. The molecule has 0 heterocycles. The number of nitrogens with one attached hydrogen (secondary N) is 1. The van der Waals surface area contributed by atoms with E-state index in [1.54, 1.807) is 0 Å². The number of carbonyl (C=O) groups is 1. The second-order valence-corrected chi connectivity index (χ2v) is 5.78. The summed E-state index contributed by atoms with van der Waals surface area (Å²) < 4.78 is 0. The van der Waals surface area contributed by atoms with Gasteiger partial charge in [0.05, 0.1) is 6.42 Å². The fourth-order valence-electron chi connectivity index (χ4n) is 2.14. The van der Waals surface area contributed by atoms with Gasteiger partial charge in [-0.15, -0.1) is 0 Å². The summed E-state index contributed by atoms with van der Waals surface area (Å²) in [5.74, 6) is 0.0770. The summed E-state index contributed by atoms with van der Waals surface area (Å²) in [5.41, 5.74) is 7.75. The first-order chi connectivity index (χ1) is 10.0. The molecule has 0 bridgehead atoms. The molecular formula is C17H29N3O. The first-order valence-corrected chi connectivity index (χ1v) is 7.78. The maximum atomic E-state index is 11.9. The molecule has 1 aromatic rings. The number of benzene rings is 1. The van der Waals surface area contributed by atoms with Gasteiger partial charge in [-0.3, -0.25) is 4.79 Å². The van der Waals surface area contributed by atoms with Crippen molar-refractivity contribution in [2.24, 2.45) is 5.73 Å². The standard InChI is InChI=1S/C17H29N3O/c1-14(2)20(3)11-7-6-10-19-17(21)12-15-8-4-5-9-16(15)13-18/h4-5,8-9,14H,6-7,10-13,18H2,1-3H3,(H,19,21). The van der Waals surface area contributed by atoms with Gasteiger partial charge in [0.1, 0.15) is 0 Å². The molecule has 0 radical (unpaired) electrons.